The first-order valence-electron chi connectivity index (χ1n) is 6.23. The van der Waals surface area contributed by atoms with Crippen molar-refractivity contribution in [2.45, 2.75) is 6.54 Å². The number of benzene rings is 2. The molecule has 0 aromatic heterocycles. The van der Waals surface area contributed by atoms with Crippen LogP contribution in [0.1, 0.15) is 15.9 Å². The predicted molar refractivity (Wildman–Crippen MR) is 82.9 cm³/mol. The number of hydrogen-bond donors (Lipinski definition) is 2. The molecule has 21 heavy (non-hydrogen) atoms. The highest BCUT2D eigenvalue weighted by molar-refractivity contribution is 6.30. The van der Waals surface area contributed by atoms with E-state index in [-0.39, 0.29) is 16.9 Å². The van der Waals surface area contributed by atoms with Crippen molar-refractivity contribution in [2.24, 2.45) is 5.73 Å². The van der Waals surface area contributed by atoms with Crippen LogP contribution in [0.3, 0.4) is 0 Å². The van der Waals surface area contributed by atoms with Gasteiger partial charge in [-0.2, -0.15) is 0 Å². The standard InChI is InChI=1S/C15H15ClFN3O/c1-20(8-9-2-4-10(16)5-3-9)14-6-11(15(19)21)13(18)7-12(14)17/h2-7H,8,18H2,1H3,(H2,19,21). The zero-order valence-corrected chi connectivity index (χ0v) is 12.2. The normalized spacial score (nSPS) is 10.4. The topological polar surface area (TPSA) is 72.3 Å². The lowest BCUT2D eigenvalue weighted by Crippen LogP contribution is -2.20. The number of carbonyl (C=O) groups is 1. The molecule has 0 aliphatic carbocycles. The fraction of sp³-hybridized carbons (Fsp3) is 0.133. The Kier molecular flexibility index (Phi) is 4.33. The number of hydrogen-bond acceptors (Lipinski definition) is 3. The molecule has 0 aliphatic rings. The third kappa shape index (κ3) is 3.44. The van der Waals surface area contributed by atoms with Crippen molar-refractivity contribution in [1.82, 2.24) is 0 Å². The van der Waals surface area contributed by atoms with E-state index in [1.54, 1.807) is 24.1 Å². The van der Waals surface area contributed by atoms with Crippen LogP contribution in [0, 0.1) is 5.82 Å². The Hall–Kier alpha value is -2.27. The Morgan fingerprint density at radius 3 is 2.48 bits per heavy atom. The summed E-state index contributed by atoms with van der Waals surface area (Å²) in [6, 6.07) is 9.70. The minimum atomic E-state index is -0.686. The minimum Gasteiger partial charge on any atom is -0.398 e. The highest BCUT2D eigenvalue weighted by Gasteiger charge is 2.15. The van der Waals surface area contributed by atoms with Gasteiger partial charge in [-0.15, -0.1) is 0 Å². The second-order valence-corrected chi connectivity index (χ2v) is 5.17. The van der Waals surface area contributed by atoms with Gasteiger partial charge in [-0.3, -0.25) is 4.79 Å². The summed E-state index contributed by atoms with van der Waals surface area (Å²) in [6.45, 7) is 0.455. The van der Waals surface area contributed by atoms with Crippen molar-refractivity contribution >= 4 is 28.9 Å². The molecule has 6 heteroatoms. The van der Waals surface area contributed by atoms with Crippen molar-refractivity contribution in [3.8, 4) is 0 Å². The number of nitrogen functional groups attached to an aromatic ring is 1. The molecule has 0 unspecified atom stereocenters. The van der Waals surface area contributed by atoms with Crippen LogP contribution in [0.15, 0.2) is 36.4 Å². The molecule has 0 bridgehead atoms. The third-order valence-corrected chi connectivity index (χ3v) is 3.38. The summed E-state index contributed by atoms with van der Waals surface area (Å²) in [5.74, 6) is -1.19. The van der Waals surface area contributed by atoms with Gasteiger partial charge in [-0.25, -0.2) is 4.39 Å². The zero-order valence-electron chi connectivity index (χ0n) is 11.4. The van der Waals surface area contributed by atoms with E-state index in [4.69, 9.17) is 23.1 Å². The minimum absolute atomic E-state index is 0.0312. The maximum Gasteiger partial charge on any atom is 0.250 e. The molecule has 2 aromatic carbocycles. The summed E-state index contributed by atoms with van der Waals surface area (Å²) in [5.41, 5.74) is 12.2. The van der Waals surface area contributed by atoms with Crippen molar-refractivity contribution in [3.63, 3.8) is 0 Å². The number of nitrogens with two attached hydrogens (primary N) is 2. The Balaban J connectivity index is 2.30. The lowest BCUT2D eigenvalue weighted by molar-refractivity contribution is 0.100. The first-order valence-corrected chi connectivity index (χ1v) is 6.60. The van der Waals surface area contributed by atoms with E-state index >= 15 is 0 Å². The molecule has 2 rings (SSSR count). The monoisotopic (exact) mass is 307 g/mol. The van der Waals surface area contributed by atoms with Crippen molar-refractivity contribution in [2.75, 3.05) is 17.7 Å². The van der Waals surface area contributed by atoms with Crippen molar-refractivity contribution < 1.29 is 9.18 Å². The SMILES string of the molecule is CN(Cc1ccc(Cl)cc1)c1cc(C(N)=O)c(N)cc1F. The molecule has 0 fully saturated rings. The first kappa shape index (κ1) is 15.1. The molecule has 0 spiro atoms. The first-order chi connectivity index (χ1) is 9.88. The van der Waals surface area contributed by atoms with Crippen LogP contribution in [0.5, 0.6) is 0 Å². The largest absolute Gasteiger partial charge is 0.398 e. The lowest BCUT2D eigenvalue weighted by atomic mass is 10.1. The van der Waals surface area contributed by atoms with E-state index in [0.717, 1.165) is 11.6 Å². The smallest absolute Gasteiger partial charge is 0.250 e. The van der Waals surface area contributed by atoms with Crippen molar-refractivity contribution in [3.05, 3.63) is 58.4 Å². The van der Waals surface area contributed by atoms with E-state index in [9.17, 15) is 9.18 Å². The maximum absolute atomic E-state index is 14.0. The molecule has 0 aliphatic heterocycles. The molecule has 0 saturated heterocycles. The zero-order chi connectivity index (χ0) is 15.6. The van der Waals surface area contributed by atoms with Crippen LogP contribution in [-0.4, -0.2) is 13.0 Å². The highest BCUT2D eigenvalue weighted by atomic mass is 35.5. The molecular formula is C15H15ClFN3O. The molecule has 1 amide bonds. The number of nitrogens with zero attached hydrogens (tertiary/aromatic N) is 1. The summed E-state index contributed by atoms with van der Waals surface area (Å²) in [7, 11) is 1.72. The second kappa shape index (κ2) is 6.01. The van der Waals surface area contributed by atoms with Gasteiger partial charge in [0.1, 0.15) is 5.82 Å². The maximum atomic E-state index is 14.0. The van der Waals surface area contributed by atoms with Gasteiger partial charge in [0, 0.05) is 24.3 Å². The van der Waals surface area contributed by atoms with Gasteiger partial charge in [0.25, 0.3) is 5.91 Å². The van der Waals surface area contributed by atoms with E-state index in [2.05, 4.69) is 0 Å². The second-order valence-electron chi connectivity index (χ2n) is 4.74. The highest BCUT2D eigenvalue weighted by Crippen LogP contribution is 2.26. The number of rotatable bonds is 4. The molecule has 110 valence electrons. The van der Waals surface area contributed by atoms with E-state index in [1.165, 1.54) is 6.07 Å². The summed E-state index contributed by atoms with van der Waals surface area (Å²) >= 11 is 5.82. The summed E-state index contributed by atoms with van der Waals surface area (Å²) in [6.07, 6.45) is 0. The van der Waals surface area contributed by atoms with Gasteiger partial charge >= 0.3 is 0 Å². The van der Waals surface area contributed by atoms with Crippen molar-refractivity contribution in [1.29, 1.82) is 0 Å². The summed E-state index contributed by atoms with van der Waals surface area (Å²) < 4.78 is 14.0. The Morgan fingerprint density at radius 2 is 1.90 bits per heavy atom. The van der Waals surface area contributed by atoms with Gasteiger partial charge in [-0.1, -0.05) is 23.7 Å². The number of primary amides is 1. The Labute approximate surface area is 127 Å². The molecule has 4 nitrogen and oxygen atoms in total. The fourth-order valence-corrected chi connectivity index (χ4v) is 2.16. The fourth-order valence-electron chi connectivity index (χ4n) is 2.03. The van der Waals surface area contributed by atoms with Crippen LogP contribution in [0.2, 0.25) is 5.02 Å². The number of amides is 1. The van der Waals surface area contributed by atoms with Gasteiger partial charge in [0.05, 0.1) is 11.3 Å². The quantitative estimate of drug-likeness (QED) is 0.853. The van der Waals surface area contributed by atoms with Crippen LogP contribution in [0.25, 0.3) is 0 Å². The van der Waals surface area contributed by atoms with Crippen LogP contribution in [-0.2, 0) is 6.54 Å². The van der Waals surface area contributed by atoms with Gasteiger partial charge in [-0.05, 0) is 29.8 Å². The Bertz CT molecular complexity index is 673. The van der Waals surface area contributed by atoms with Gasteiger partial charge in [0.15, 0.2) is 0 Å². The van der Waals surface area contributed by atoms with Gasteiger partial charge in [0.2, 0.25) is 0 Å². The molecule has 0 atom stereocenters. The Morgan fingerprint density at radius 1 is 1.29 bits per heavy atom. The summed E-state index contributed by atoms with van der Waals surface area (Å²) in [4.78, 5) is 13.0. The third-order valence-electron chi connectivity index (χ3n) is 3.13. The average Bonchev–Trinajstić information content (AvgIpc) is 2.40. The van der Waals surface area contributed by atoms with Crippen LogP contribution in [0.4, 0.5) is 15.8 Å². The summed E-state index contributed by atoms with van der Waals surface area (Å²) in [5, 5.41) is 0.635. The molecule has 2 aromatic rings. The number of anilines is 2. The van der Waals surface area contributed by atoms with E-state index < -0.39 is 11.7 Å². The lowest BCUT2D eigenvalue weighted by Gasteiger charge is -2.21. The average molecular weight is 308 g/mol. The van der Waals surface area contributed by atoms with Gasteiger partial charge < -0.3 is 16.4 Å². The van der Waals surface area contributed by atoms with Crippen LogP contribution < -0.4 is 16.4 Å². The van der Waals surface area contributed by atoms with Crippen LogP contribution >= 0.6 is 11.6 Å². The molecule has 4 N–H and O–H groups in total. The molecule has 0 saturated carbocycles. The number of halogens is 2. The molecule has 0 radical (unpaired) electrons. The van der Waals surface area contributed by atoms with E-state index in [1.807, 2.05) is 12.1 Å². The van der Waals surface area contributed by atoms with E-state index in [0.29, 0.717) is 11.6 Å². The molecule has 0 heterocycles. The molecular weight excluding hydrogens is 293 g/mol. The number of carbonyl (C=O) groups excluding carboxylic acids is 1. The predicted octanol–water partition coefficient (Wildman–Crippen LogP) is 2.80.